The Hall–Kier alpha value is -2.76. The van der Waals surface area contributed by atoms with E-state index in [-0.39, 0.29) is 5.69 Å². The molecule has 0 saturated carbocycles. The van der Waals surface area contributed by atoms with Crippen LogP contribution in [0.1, 0.15) is 39.0 Å². The lowest BCUT2D eigenvalue weighted by molar-refractivity contribution is -0.120. The maximum Gasteiger partial charge on any atom is 0.261 e. The van der Waals surface area contributed by atoms with E-state index in [1.165, 1.54) is 12.1 Å². The summed E-state index contributed by atoms with van der Waals surface area (Å²) >= 11 is 0. The van der Waals surface area contributed by atoms with E-state index in [2.05, 4.69) is 4.98 Å². The number of fused-ring (bicyclic) bond motifs is 1. The van der Waals surface area contributed by atoms with Gasteiger partial charge < -0.3 is 4.74 Å². The SMILES string of the molecule is CCCOc1ccc2cc(F)c(N3C(=O)C4=C(CCCC4)C3=O)cc2n1. The molecule has 0 spiro atoms. The number of benzene rings is 1. The van der Waals surface area contributed by atoms with Gasteiger partial charge in [-0.2, -0.15) is 0 Å². The zero-order valence-electron chi connectivity index (χ0n) is 14.5. The molecule has 2 amide bonds. The highest BCUT2D eigenvalue weighted by Crippen LogP contribution is 2.37. The second kappa shape index (κ2) is 6.52. The van der Waals surface area contributed by atoms with E-state index in [1.807, 2.05) is 6.92 Å². The van der Waals surface area contributed by atoms with Crippen LogP contribution in [0.3, 0.4) is 0 Å². The zero-order valence-corrected chi connectivity index (χ0v) is 14.5. The largest absolute Gasteiger partial charge is 0.478 e. The van der Waals surface area contributed by atoms with Crippen molar-refractivity contribution >= 4 is 28.4 Å². The summed E-state index contributed by atoms with van der Waals surface area (Å²) in [6.45, 7) is 2.53. The molecule has 0 saturated heterocycles. The standard InChI is InChI=1S/C20H19FN2O3/c1-2-9-26-18-8-7-12-10-15(21)17(11-16(12)22-18)23-19(24)13-5-3-4-6-14(13)20(23)25/h7-8,10-11H,2-6,9H2,1H3. The number of ether oxygens (including phenoxy) is 1. The summed E-state index contributed by atoms with van der Waals surface area (Å²) in [6.07, 6.45) is 3.78. The van der Waals surface area contributed by atoms with Gasteiger partial charge in [-0.25, -0.2) is 14.3 Å². The average Bonchev–Trinajstić information content (AvgIpc) is 2.91. The van der Waals surface area contributed by atoms with Crippen molar-refractivity contribution < 1.29 is 18.7 Å². The highest BCUT2D eigenvalue weighted by atomic mass is 19.1. The number of hydrogen-bond donors (Lipinski definition) is 0. The molecule has 0 bridgehead atoms. The van der Waals surface area contributed by atoms with Gasteiger partial charge in [0.15, 0.2) is 0 Å². The van der Waals surface area contributed by atoms with E-state index in [1.54, 1.807) is 12.1 Å². The average molecular weight is 354 g/mol. The van der Waals surface area contributed by atoms with E-state index in [4.69, 9.17) is 4.74 Å². The summed E-state index contributed by atoms with van der Waals surface area (Å²) in [7, 11) is 0. The topological polar surface area (TPSA) is 59.5 Å². The summed E-state index contributed by atoms with van der Waals surface area (Å²) in [5.74, 6) is -0.973. The minimum atomic E-state index is -0.608. The molecule has 1 aromatic heterocycles. The molecule has 2 heterocycles. The monoisotopic (exact) mass is 354 g/mol. The van der Waals surface area contributed by atoms with Crippen LogP contribution in [0.2, 0.25) is 0 Å². The lowest BCUT2D eigenvalue weighted by atomic mass is 9.93. The van der Waals surface area contributed by atoms with Crippen molar-refractivity contribution in [3.63, 3.8) is 0 Å². The van der Waals surface area contributed by atoms with Gasteiger partial charge >= 0.3 is 0 Å². The first-order valence-electron chi connectivity index (χ1n) is 8.94. The van der Waals surface area contributed by atoms with Gasteiger partial charge in [0.2, 0.25) is 5.88 Å². The van der Waals surface area contributed by atoms with Crippen LogP contribution >= 0.6 is 0 Å². The molecule has 0 atom stereocenters. The number of carbonyl (C=O) groups excluding carboxylic acids is 2. The molecule has 0 unspecified atom stereocenters. The second-order valence-electron chi connectivity index (χ2n) is 6.60. The molecular weight excluding hydrogens is 335 g/mol. The van der Waals surface area contributed by atoms with E-state index in [0.29, 0.717) is 47.4 Å². The maximum atomic E-state index is 14.7. The van der Waals surface area contributed by atoms with Gasteiger partial charge in [-0.1, -0.05) is 6.92 Å². The molecule has 0 radical (unpaired) electrons. The number of nitrogens with zero attached hydrogens (tertiary/aromatic N) is 2. The molecule has 1 aliphatic carbocycles. The van der Waals surface area contributed by atoms with Crippen LogP contribution in [0.4, 0.5) is 10.1 Å². The van der Waals surface area contributed by atoms with Crippen molar-refractivity contribution in [1.82, 2.24) is 4.98 Å². The Bertz CT molecular complexity index is 923. The first-order chi connectivity index (χ1) is 12.6. The van der Waals surface area contributed by atoms with Crippen LogP contribution in [-0.2, 0) is 9.59 Å². The Morgan fingerprint density at radius 3 is 2.46 bits per heavy atom. The van der Waals surface area contributed by atoms with Crippen molar-refractivity contribution in [1.29, 1.82) is 0 Å². The van der Waals surface area contributed by atoms with Crippen molar-refractivity contribution in [3.05, 3.63) is 41.2 Å². The number of anilines is 1. The molecule has 0 fully saturated rings. The van der Waals surface area contributed by atoms with Gasteiger partial charge in [-0.05, 0) is 50.3 Å². The van der Waals surface area contributed by atoms with Crippen molar-refractivity contribution in [2.75, 3.05) is 11.5 Å². The number of amides is 2. The number of halogens is 1. The minimum absolute atomic E-state index is 0.0398. The van der Waals surface area contributed by atoms with E-state index in [0.717, 1.165) is 24.2 Å². The number of carbonyl (C=O) groups is 2. The maximum absolute atomic E-state index is 14.7. The molecule has 0 N–H and O–H groups in total. The predicted octanol–water partition coefficient (Wildman–Crippen LogP) is 3.91. The summed E-state index contributed by atoms with van der Waals surface area (Å²) in [4.78, 5) is 30.7. The summed E-state index contributed by atoms with van der Waals surface area (Å²) < 4.78 is 20.2. The highest BCUT2D eigenvalue weighted by Gasteiger charge is 2.40. The Labute approximate surface area is 150 Å². The van der Waals surface area contributed by atoms with Crippen molar-refractivity contribution in [3.8, 4) is 5.88 Å². The number of hydrogen-bond acceptors (Lipinski definition) is 4. The third-order valence-electron chi connectivity index (χ3n) is 4.82. The molecule has 4 rings (SSSR count). The van der Waals surface area contributed by atoms with Crippen LogP contribution in [-0.4, -0.2) is 23.4 Å². The number of imide groups is 1. The Morgan fingerprint density at radius 2 is 1.81 bits per heavy atom. The van der Waals surface area contributed by atoms with Gasteiger partial charge in [0, 0.05) is 22.6 Å². The van der Waals surface area contributed by atoms with E-state index >= 15 is 0 Å². The fourth-order valence-corrected chi connectivity index (χ4v) is 3.53. The zero-order chi connectivity index (χ0) is 18.3. The Kier molecular flexibility index (Phi) is 4.18. The fraction of sp³-hybridized carbons (Fsp3) is 0.350. The number of rotatable bonds is 4. The summed E-state index contributed by atoms with van der Waals surface area (Å²) in [5, 5.41) is 0.590. The lowest BCUT2D eigenvalue weighted by Crippen LogP contribution is -2.32. The minimum Gasteiger partial charge on any atom is -0.478 e. The number of pyridine rings is 1. The highest BCUT2D eigenvalue weighted by molar-refractivity contribution is 6.33. The van der Waals surface area contributed by atoms with Crippen LogP contribution < -0.4 is 9.64 Å². The molecule has 1 aromatic carbocycles. The van der Waals surface area contributed by atoms with Gasteiger partial charge in [0.1, 0.15) is 5.82 Å². The van der Waals surface area contributed by atoms with Gasteiger partial charge in [-0.15, -0.1) is 0 Å². The smallest absolute Gasteiger partial charge is 0.261 e. The lowest BCUT2D eigenvalue weighted by Gasteiger charge is -2.17. The normalized spacial score (nSPS) is 17.2. The third kappa shape index (κ3) is 2.66. The fourth-order valence-electron chi connectivity index (χ4n) is 3.53. The van der Waals surface area contributed by atoms with Crippen LogP contribution in [0.25, 0.3) is 10.9 Å². The molecule has 2 aromatic rings. The molecule has 5 nitrogen and oxygen atoms in total. The van der Waals surface area contributed by atoms with Crippen molar-refractivity contribution in [2.24, 2.45) is 0 Å². The van der Waals surface area contributed by atoms with Crippen LogP contribution in [0.15, 0.2) is 35.4 Å². The summed E-state index contributed by atoms with van der Waals surface area (Å²) in [6, 6.07) is 6.16. The third-order valence-corrected chi connectivity index (χ3v) is 4.82. The Balaban J connectivity index is 1.75. The van der Waals surface area contributed by atoms with Gasteiger partial charge in [-0.3, -0.25) is 9.59 Å². The molecule has 134 valence electrons. The Morgan fingerprint density at radius 1 is 1.12 bits per heavy atom. The molecular formula is C20H19FN2O3. The first kappa shape index (κ1) is 16.7. The predicted molar refractivity (Wildman–Crippen MR) is 95.5 cm³/mol. The second-order valence-corrected chi connectivity index (χ2v) is 6.60. The van der Waals surface area contributed by atoms with Crippen LogP contribution in [0, 0.1) is 5.82 Å². The molecule has 2 aliphatic rings. The molecule has 26 heavy (non-hydrogen) atoms. The van der Waals surface area contributed by atoms with E-state index in [9.17, 15) is 14.0 Å². The molecule has 6 heteroatoms. The van der Waals surface area contributed by atoms with Crippen molar-refractivity contribution in [2.45, 2.75) is 39.0 Å². The van der Waals surface area contributed by atoms with Crippen LogP contribution in [0.5, 0.6) is 5.88 Å². The van der Waals surface area contributed by atoms with E-state index < -0.39 is 17.6 Å². The summed E-state index contributed by atoms with van der Waals surface area (Å²) in [5.41, 5.74) is 1.52. The quantitative estimate of drug-likeness (QED) is 0.781. The first-order valence-corrected chi connectivity index (χ1v) is 8.94. The van der Waals surface area contributed by atoms with Gasteiger partial charge in [0.25, 0.3) is 11.8 Å². The number of aromatic nitrogens is 1. The van der Waals surface area contributed by atoms with Gasteiger partial charge in [0.05, 0.1) is 17.8 Å². The molecule has 1 aliphatic heterocycles.